The topological polar surface area (TPSA) is 46.5 Å². The van der Waals surface area contributed by atoms with Crippen molar-refractivity contribution in [1.29, 1.82) is 0 Å². The maximum atomic E-state index is 10.5. The quantitative estimate of drug-likeness (QED) is 0.439. The first kappa shape index (κ1) is 9.05. The highest BCUT2D eigenvalue weighted by atomic mass is 16.2. The average Bonchev–Trinajstić information content (AvgIpc) is 1.85. The van der Waals surface area contributed by atoms with Crippen LogP contribution < -0.4 is 0 Å². The van der Waals surface area contributed by atoms with Crippen molar-refractivity contribution in [2.24, 2.45) is 10.9 Å². The summed E-state index contributed by atoms with van der Waals surface area (Å²) >= 11 is 0. The molecular formula is C7H11NO2. The lowest BCUT2D eigenvalue weighted by Crippen LogP contribution is -1.95. The highest BCUT2D eigenvalue weighted by Crippen LogP contribution is 2.03. The zero-order chi connectivity index (χ0) is 7.98. The fourth-order valence-corrected chi connectivity index (χ4v) is 0.519. The molecule has 0 aromatic heterocycles. The molecule has 10 heavy (non-hydrogen) atoms. The summed E-state index contributed by atoms with van der Waals surface area (Å²) in [6.45, 7) is 4.02. The van der Waals surface area contributed by atoms with Crippen molar-refractivity contribution in [2.75, 3.05) is 0 Å². The lowest BCUT2D eigenvalue weighted by molar-refractivity contribution is -0.118. The van der Waals surface area contributed by atoms with E-state index in [1.807, 2.05) is 13.8 Å². The summed E-state index contributed by atoms with van der Waals surface area (Å²) in [5, 5.41) is 0. The molecule has 56 valence electrons. The number of nitrogens with zero attached hydrogens (tertiary/aromatic N) is 1. The van der Waals surface area contributed by atoms with Crippen LogP contribution >= 0.6 is 0 Å². The maximum absolute atomic E-state index is 10.5. The second-order valence-electron chi connectivity index (χ2n) is 2.53. The van der Waals surface area contributed by atoms with E-state index in [0.29, 0.717) is 12.3 Å². The van der Waals surface area contributed by atoms with Crippen molar-refractivity contribution in [3.05, 3.63) is 0 Å². The van der Waals surface area contributed by atoms with E-state index in [4.69, 9.17) is 0 Å². The summed E-state index contributed by atoms with van der Waals surface area (Å²) in [6.07, 6.45) is 2.35. The zero-order valence-corrected chi connectivity index (χ0v) is 6.26. The molecule has 0 aliphatic rings. The first-order valence-corrected chi connectivity index (χ1v) is 3.27. The van der Waals surface area contributed by atoms with E-state index in [2.05, 4.69) is 4.99 Å². The minimum absolute atomic E-state index is 0.354. The Morgan fingerprint density at radius 2 is 2.20 bits per heavy atom. The van der Waals surface area contributed by atoms with E-state index in [-0.39, 0.29) is 5.91 Å². The molecule has 0 rings (SSSR count). The molecule has 0 aliphatic carbocycles. The van der Waals surface area contributed by atoms with Gasteiger partial charge in [0.2, 0.25) is 6.08 Å². The van der Waals surface area contributed by atoms with Crippen LogP contribution in [0.5, 0.6) is 0 Å². The number of carbonyl (C=O) groups is 1. The van der Waals surface area contributed by atoms with E-state index in [1.165, 1.54) is 6.08 Å². The van der Waals surface area contributed by atoms with Crippen LogP contribution in [-0.4, -0.2) is 12.0 Å². The van der Waals surface area contributed by atoms with Crippen molar-refractivity contribution in [2.45, 2.75) is 26.7 Å². The number of aliphatic imine (C=N–C) groups is 1. The molecule has 0 fully saturated rings. The van der Waals surface area contributed by atoms with Crippen molar-refractivity contribution in [3.8, 4) is 0 Å². The summed E-state index contributed by atoms with van der Waals surface area (Å²) in [5.41, 5.74) is 0. The molecule has 0 spiro atoms. The summed E-state index contributed by atoms with van der Waals surface area (Å²) in [6, 6.07) is 0. The fourth-order valence-electron chi connectivity index (χ4n) is 0.519. The maximum Gasteiger partial charge on any atom is 0.256 e. The Morgan fingerprint density at radius 1 is 1.60 bits per heavy atom. The van der Waals surface area contributed by atoms with E-state index >= 15 is 0 Å². The van der Waals surface area contributed by atoms with Gasteiger partial charge in [0.05, 0.1) is 0 Å². The lowest BCUT2D eigenvalue weighted by atomic mass is 10.1. The standard InChI is InChI=1S/C7H11NO2/c1-6(2)3-4-7(10)8-5-9/h6H,3-4H2,1-2H3. The first-order valence-electron chi connectivity index (χ1n) is 3.27. The second-order valence-corrected chi connectivity index (χ2v) is 2.53. The van der Waals surface area contributed by atoms with Gasteiger partial charge in [-0.2, -0.15) is 0 Å². The number of rotatable bonds is 3. The fraction of sp³-hybridized carbons (Fsp3) is 0.714. The van der Waals surface area contributed by atoms with Gasteiger partial charge in [0.1, 0.15) is 0 Å². The molecule has 3 nitrogen and oxygen atoms in total. The van der Waals surface area contributed by atoms with Crippen molar-refractivity contribution in [3.63, 3.8) is 0 Å². The van der Waals surface area contributed by atoms with E-state index in [0.717, 1.165) is 6.42 Å². The SMILES string of the molecule is CC(C)CCC(=O)N=C=O. The van der Waals surface area contributed by atoms with Crippen LogP contribution in [0.4, 0.5) is 0 Å². The van der Waals surface area contributed by atoms with Crippen LogP contribution in [-0.2, 0) is 9.59 Å². The molecular weight excluding hydrogens is 130 g/mol. The highest BCUT2D eigenvalue weighted by Gasteiger charge is 2.00. The molecule has 0 atom stereocenters. The van der Waals surface area contributed by atoms with E-state index in [9.17, 15) is 9.59 Å². The Bertz CT molecular complexity index is 157. The van der Waals surface area contributed by atoms with Gasteiger partial charge in [-0.3, -0.25) is 4.79 Å². The van der Waals surface area contributed by atoms with Gasteiger partial charge >= 0.3 is 0 Å². The second kappa shape index (κ2) is 4.89. The summed E-state index contributed by atoms with van der Waals surface area (Å²) in [4.78, 5) is 23.0. The highest BCUT2D eigenvalue weighted by molar-refractivity contribution is 5.81. The van der Waals surface area contributed by atoms with Gasteiger partial charge in [-0.05, 0) is 12.3 Å². The number of isocyanates is 1. The predicted molar refractivity (Wildman–Crippen MR) is 37.2 cm³/mol. The molecule has 0 aromatic carbocycles. The Balaban J connectivity index is 3.50. The summed E-state index contributed by atoms with van der Waals surface area (Å²) in [5.74, 6) is 0.106. The van der Waals surface area contributed by atoms with Crippen LogP contribution in [0, 0.1) is 5.92 Å². The molecule has 3 heteroatoms. The summed E-state index contributed by atoms with van der Waals surface area (Å²) < 4.78 is 0. The van der Waals surface area contributed by atoms with Crippen molar-refractivity contribution >= 4 is 12.0 Å². The van der Waals surface area contributed by atoms with Gasteiger partial charge in [0.25, 0.3) is 5.91 Å². The molecule has 0 aliphatic heterocycles. The molecule has 0 saturated carbocycles. The number of amides is 1. The zero-order valence-electron chi connectivity index (χ0n) is 6.26. The third-order valence-electron chi connectivity index (χ3n) is 1.11. The molecule has 0 radical (unpaired) electrons. The minimum atomic E-state index is -0.372. The minimum Gasteiger partial charge on any atom is -0.272 e. The molecule has 0 N–H and O–H groups in total. The lowest BCUT2D eigenvalue weighted by Gasteiger charge is -1.98. The van der Waals surface area contributed by atoms with Crippen molar-refractivity contribution in [1.82, 2.24) is 0 Å². The molecule has 0 aromatic rings. The van der Waals surface area contributed by atoms with Crippen LogP contribution in [0.15, 0.2) is 4.99 Å². The van der Waals surface area contributed by atoms with Crippen LogP contribution in [0.2, 0.25) is 0 Å². The molecule has 0 bridgehead atoms. The van der Waals surface area contributed by atoms with Gasteiger partial charge in [0, 0.05) is 6.42 Å². The summed E-state index contributed by atoms with van der Waals surface area (Å²) in [7, 11) is 0. The van der Waals surface area contributed by atoms with Crippen molar-refractivity contribution < 1.29 is 9.59 Å². The van der Waals surface area contributed by atoms with Gasteiger partial charge in [-0.25, -0.2) is 4.79 Å². The monoisotopic (exact) mass is 141 g/mol. The third-order valence-corrected chi connectivity index (χ3v) is 1.11. The van der Waals surface area contributed by atoms with Crippen LogP contribution in [0.1, 0.15) is 26.7 Å². The normalized spacial score (nSPS) is 9.10. The van der Waals surface area contributed by atoms with E-state index in [1.54, 1.807) is 0 Å². The number of hydrogen-bond acceptors (Lipinski definition) is 2. The number of hydrogen-bond donors (Lipinski definition) is 0. The molecule has 1 amide bonds. The molecule has 0 saturated heterocycles. The Morgan fingerprint density at radius 3 is 2.60 bits per heavy atom. The van der Waals surface area contributed by atoms with Crippen LogP contribution in [0.25, 0.3) is 0 Å². The number of carbonyl (C=O) groups excluding carboxylic acids is 2. The van der Waals surface area contributed by atoms with Gasteiger partial charge in [0.15, 0.2) is 0 Å². The van der Waals surface area contributed by atoms with Gasteiger partial charge < -0.3 is 0 Å². The largest absolute Gasteiger partial charge is 0.272 e. The van der Waals surface area contributed by atoms with Gasteiger partial charge in [-0.15, -0.1) is 4.99 Å². The third kappa shape index (κ3) is 5.19. The molecule has 0 heterocycles. The Kier molecular flexibility index (Phi) is 4.42. The van der Waals surface area contributed by atoms with Gasteiger partial charge in [-0.1, -0.05) is 13.8 Å². The van der Waals surface area contributed by atoms with Crippen LogP contribution in [0.3, 0.4) is 0 Å². The first-order chi connectivity index (χ1) is 4.66. The Hall–Kier alpha value is -0.950. The smallest absolute Gasteiger partial charge is 0.256 e. The average molecular weight is 141 g/mol. The Labute approximate surface area is 60.1 Å². The van der Waals surface area contributed by atoms with E-state index < -0.39 is 0 Å². The molecule has 0 unspecified atom stereocenters. The predicted octanol–water partition coefficient (Wildman–Crippen LogP) is 1.29.